The molecule has 10 heteroatoms. The van der Waals surface area contributed by atoms with Crippen LogP contribution in [0.15, 0.2) is 12.1 Å². The van der Waals surface area contributed by atoms with Crippen molar-refractivity contribution < 1.29 is 32.0 Å². The second kappa shape index (κ2) is 5.72. The molecule has 0 saturated heterocycles. The third kappa shape index (κ3) is 3.80. The summed E-state index contributed by atoms with van der Waals surface area (Å²) in [5.74, 6) is -2.40. The van der Waals surface area contributed by atoms with Crippen LogP contribution in [-0.4, -0.2) is 30.7 Å². The normalized spacial score (nSPS) is 11.1. The number of nitrogens with zero attached hydrogens (tertiary/aromatic N) is 1. The van der Waals surface area contributed by atoms with E-state index in [0.29, 0.717) is 12.1 Å². The first-order chi connectivity index (χ1) is 9.15. The first-order valence-corrected chi connectivity index (χ1v) is 5.02. The molecule has 0 unspecified atom stereocenters. The van der Waals surface area contributed by atoms with Crippen LogP contribution in [0.3, 0.4) is 0 Å². The average Bonchev–Trinajstić information content (AvgIpc) is 2.34. The van der Waals surface area contributed by atoms with Gasteiger partial charge < -0.3 is 10.1 Å². The number of halogens is 4. The fourth-order valence-electron chi connectivity index (χ4n) is 1.32. The van der Waals surface area contributed by atoms with Gasteiger partial charge in [0.05, 0.1) is 12.0 Å². The van der Waals surface area contributed by atoms with E-state index in [1.165, 1.54) is 0 Å². The topological polar surface area (TPSA) is 81.5 Å². The SMILES string of the molecule is COC(=O)c1cc([N+](=O)[O-])c(NCC(F)(F)F)cc1F. The summed E-state index contributed by atoms with van der Waals surface area (Å²) in [7, 11) is 0.934. The molecule has 0 aliphatic rings. The molecule has 1 aromatic carbocycles. The monoisotopic (exact) mass is 296 g/mol. The number of esters is 1. The van der Waals surface area contributed by atoms with Gasteiger partial charge in [0, 0.05) is 12.1 Å². The lowest BCUT2D eigenvalue weighted by Crippen LogP contribution is -2.22. The minimum Gasteiger partial charge on any atom is -0.465 e. The highest BCUT2D eigenvalue weighted by Gasteiger charge is 2.29. The standard InChI is InChI=1S/C10H8F4N2O4/c1-20-9(17)5-2-8(16(18)19)7(3-6(5)11)15-4-10(12,13)14/h2-3,15H,4H2,1H3. The number of hydrogen-bond donors (Lipinski definition) is 1. The zero-order valence-corrected chi connectivity index (χ0v) is 9.95. The van der Waals surface area contributed by atoms with Crippen LogP contribution in [0.25, 0.3) is 0 Å². The van der Waals surface area contributed by atoms with E-state index in [1.54, 1.807) is 5.32 Å². The highest BCUT2D eigenvalue weighted by atomic mass is 19.4. The van der Waals surface area contributed by atoms with Crippen LogP contribution in [-0.2, 0) is 4.74 Å². The lowest BCUT2D eigenvalue weighted by molar-refractivity contribution is -0.384. The maximum atomic E-state index is 13.5. The van der Waals surface area contributed by atoms with Gasteiger partial charge in [-0.1, -0.05) is 0 Å². The maximum absolute atomic E-state index is 13.5. The van der Waals surface area contributed by atoms with E-state index in [-0.39, 0.29) is 0 Å². The van der Waals surface area contributed by atoms with Gasteiger partial charge in [-0.05, 0) is 0 Å². The van der Waals surface area contributed by atoms with Crippen LogP contribution in [0.4, 0.5) is 28.9 Å². The summed E-state index contributed by atoms with van der Waals surface area (Å²) in [5, 5.41) is 12.4. The van der Waals surface area contributed by atoms with Gasteiger partial charge in [0.25, 0.3) is 5.69 Å². The van der Waals surface area contributed by atoms with Crippen LogP contribution in [0.2, 0.25) is 0 Å². The van der Waals surface area contributed by atoms with E-state index in [0.717, 1.165) is 7.11 Å². The zero-order chi connectivity index (χ0) is 15.5. The average molecular weight is 296 g/mol. The van der Waals surface area contributed by atoms with Crippen molar-refractivity contribution in [2.45, 2.75) is 6.18 Å². The lowest BCUT2D eigenvalue weighted by atomic mass is 10.1. The first kappa shape index (κ1) is 15.7. The number of nitrogens with one attached hydrogen (secondary N) is 1. The molecule has 1 aromatic rings. The Hall–Kier alpha value is -2.39. The number of alkyl halides is 3. The maximum Gasteiger partial charge on any atom is 0.405 e. The molecule has 20 heavy (non-hydrogen) atoms. The van der Waals surface area contributed by atoms with Crippen molar-refractivity contribution >= 4 is 17.3 Å². The minimum absolute atomic E-state index is 0.441. The number of benzene rings is 1. The third-order valence-electron chi connectivity index (χ3n) is 2.17. The Bertz CT molecular complexity index is 545. The molecule has 0 aliphatic heterocycles. The highest BCUT2D eigenvalue weighted by molar-refractivity contribution is 5.91. The van der Waals surface area contributed by atoms with E-state index in [4.69, 9.17) is 0 Å². The van der Waals surface area contributed by atoms with E-state index in [9.17, 15) is 32.5 Å². The second-order valence-electron chi connectivity index (χ2n) is 3.57. The molecule has 0 spiro atoms. The van der Waals surface area contributed by atoms with Crippen molar-refractivity contribution in [3.8, 4) is 0 Å². The zero-order valence-electron chi connectivity index (χ0n) is 9.95. The molecular formula is C10H8F4N2O4. The van der Waals surface area contributed by atoms with Crippen molar-refractivity contribution in [3.05, 3.63) is 33.6 Å². The molecule has 0 fully saturated rings. The summed E-state index contributed by atoms with van der Waals surface area (Å²) in [6.45, 7) is -1.58. The molecule has 0 radical (unpaired) electrons. The molecule has 0 heterocycles. The van der Waals surface area contributed by atoms with E-state index in [1.807, 2.05) is 0 Å². The Morgan fingerprint density at radius 3 is 2.50 bits per heavy atom. The molecule has 0 amide bonds. The number of hydrogen-bond acceptors (Lipinski definition) is 5. The number of nitro groups is 1. The van der Waals surface area contributed by atoms with Gasteiger partial charge in [0.2, 0.25) is 0 Å². The van der Waals surface area contributed by atoms with Gasteiger partial charge >= 0.3 is 12.1 Å². The van der Waals surface area contributed by atoms with Gasteiger partial charge in [0.1, 0.15) is 23.6 Å². The Morgan fingerprint density at radius 1 is 1.45 bits per heavy atom. The largest absolute Gasteiger partial charge is 0.465 e. The highest BCUT2D eigenvalue weighted by Crippen LogP contribution is 2.29. The summed E-state index contributed by atoms with van der Waals surface area (Å²) >= 11 is 0. The van der Waals surface area contributed by atoms with Gasteiger partial charge in [-0.15, -0.1) is 0 Å². The second-order valence-corrected chi connectivity index (χ2v) is 3.57. The van der Waals surface area contributed by atoms with Crippen molar-refractivity contribution in [2.75, 3.05) is 19.0 Å². The first-order valence-electron chi connectivity index (χ1n) is 5.02. The quantitative estimate of drug-likeness (QED) is 0.399. The van der Waals surface area contributed by atoms with Gasteiger partial charge in [0.15, 0.2) is 0 Å². The Kier molecular flexibility index (Phi) is 4.48. The number of nitro benzene ring substituents is 1. The van der Waals surface area contributed by atoms with Crippen LogP contribution >= 0.6 is 0 Å². The molecule has 110 valence electrons. The molecule has 0 aromatic heterocycles. The molecule has 6 nitrogen and oxygen atoms in total. The Labute approximate surface area is 109 Å². The fraction of sp³-hybridized carbons (Fsp3) is 0.300. The predicted molar refractivity (Wildman–Crippen MR) is 58.9 cm³/mol. The van der Waals surface area contributed by atoms with Crippen molar-refractivity contribution in [2.24, 2.45) is 0 Å². The summed E-state index contributed by atoms with van der Waals surface area (Å²) in [4.78, 5) is 20.8. The molecular weight excluding hydrogens is 288 g/mol. The Balaban J connectivity index is 3.21. The van der Waals surface area contributed by atoms with Gasteiger partial charge in [-0.2, -0.15) is 13.2 Å². The van der Waals surface area contributed by atoms with E-state index >= 15 is 0 Å². The molecule has 0 bridgehead atoms. The third-order valence-corrected chi connectivity index (χ3v) is 2.17. The molecule has 1 rings (SSSR count). The Morgan fingerprint density at radius 2 is 2.05 bits per heavy atom. The molecule has 0 aliphatic carbocycles. The van der Waals surface area contributed by atoms with E-state index in [2.05, 4.69) is 4.74 Å². The van der Waals surface area contributed by atoms with Gasteiger partial charge in [-0.3, -0.25) is 10.1 Å². The van der Waals surface area contributed by atoms with Crippen molar-refractivity contribution in [1.29, 1.82) is 0 Å². The smallest absolute Gasteiger partial charge is 0.405 e. The van der Waals surface area contributed by atoms with Crippen LogP contribution < -0.4 is 5.32 Å². The van der Waals surface area contributed by atoms with E-state index < -0.39 is 46.4 Å². The number of carbonyl (C=O) groups is 1. The summed E-state index contributed by atoms with van der Waals surface area (Å²) < 4.78 is 53.8. The lowest BCUT2D eigenvalue weighted by Gasteiger charge is -2.11. The molecule has 0 atom stereocenters. The van der Waals surface area contributed by atoms with Gasteiger partial charge in [-0.25, -0.2) is 9.18 Å². The van der Waals surface area contributed by atoms with Crippen LogP contribution in [0.1, 0.15) is 10.4 Å². The van der Waals surface area contributed by atoms with Crippen molar-refractivity contribution in [1.82, 2.24) is 0 Å². The summed E-state index contributed by atoms with van der Waals surface area (Å²) in [5.41, 5.74) is -2.29. The molecule has 1 N–H and O–H groups in total. The number of anilines is 1. The predicted octanol–water partition coefficient (Wildman–Crippen LogP) is 2.49. The molecule has 0 saturated carbocycles. The number of carbonyl (C=O) groups excluding carboxylic acids is 1. The number of methoxy groups -OCH3 is 1. The summed E-state index contributed by atoms with van der Waals surface area (Å²) in [6.07, 6.45) is -4.63. The number of ether oxygens (including phenoxy) is 1. The van der Waals surface area contributed by atoms with Crippen LogP contribution in [0.5, 0.6) is 0 Å². The van der Waals surface area contributed by atoms with Crippen LogP contribution in [0, 0.1) is 15.9 Å². The fourth-order valence-corrected chi connectivity index (χ4v) is 1.32. The summed E-state index contributed by atoms with van der Waals surface area (Å²) in [6, 6.07) is 0.954. The minimum atomic E-state index is -4.63. The number of rotatable bonds is 4. The van der Waals surface area contributed by atoms with Crippen molar-refractivity contribution in [3.63, 3.8) is 0 Å².